The third-order valence-electron chi connectivity index (χ3n) is 2.06. The summed E-state index contributed by atoms with van der Waals surface area (Å²) in [5.74, 6) is 0.277. The van der Waals surface area contributed by atoms with Crippen molar-refractivity contribution >= 4 is 38.9 Å². The fourth-order valence-electron chi connectivity index (χ4n) is 1.30. The van der Waals surface area contributed by atoms with Gasteiger partial charge in [0, 0.05) is 27.7 Å². The minimum Gasteiger partial charge on any atom is -0.241 e. The summed E-state index contributed by atoms with van der Waals surface area (Å²) >= 11 is 10.4. The second-order valence-electron chi connectivity index (χ2n) is 3.21. The molecule has 0 aliphatic rings. The maximum atomic E-state index is 13.6. The molecule has 0 radical (unpaired) electrons. The van der Waals surface area contributed by atoms with E-state index >= 15 is 0 Å². The van der Waals surface area contributed by atoms with Crippen molar-refractivity contribution in [3.63, 3.8) is 0 Å². The van der Waals surface area contributed by atoms with Crippen molar-refractivity contribution in [1.82, 2.24) is 4.98 Å². The molecule has 1 aromatic heterocycles. The van der Waals surface area contributed by atoms with E-state index in [4.69, 9.17) is 11.6 Å². The van der Waals surface area contributed by atoms with Crippen molar-refractivity contribution in [2.45, 2.75) is 6.42 Å². The number of rotatable bonds is 3. The molecule has 84 valence electrons. The van der Waals surface area contributed by atoms with E-state index in [-0.39, 0.29) is 5.82 Å². The van der Waals surface area contributed by atoms with Gasteiger partial charge < -0.3 is 0 Å². The number of alkyl halides is 1. The number of thiazole rings is 1. The smallest absolute Gasteiger partial charge is 0.133 e. The zero-order valence-corrected chi connectivity index (χ0v) is 11.4. The molecular formula is C11H8BrClFNS. The molecular weight excluding hydrogens is 313 g/mol. The Morgan fingerprint density at radius 2 is 2.25 bits per heavy atom. The number of benzene rings is 1. The van der Waals surface area contributed by atoms with Crippen LogP contribution in [-0.2, 0) is 6.42 Å². The van der Waals surface area contributed by atoms with Gasteiger partial charge in [0.05, 0.1) is 5.69 Å². The predicted octanol–water partition coefficient (Wildman–Crippen LogP) is 4.49. The molecule has 0 amide bonds. The van der Waals surface area contributed by atoms with E-state index in [9.17, 15) is 4.39 Å². The maximum Gasteiger partial charge on any atom is 0.133 e. The number of nitrogens with zero attached hydrogens (tertiary/aromatic N) is 1. The number of aromatic nitrogens is 1. The van der Waals surface area contributed by atoms with Crippen LogP contribution < -0.4 is 0 Å². The molecule has 2 rings (SSSR count). The number of aryl methyl sites for hydroxylation is 1. The average Bonchev–Trinajstić information content (AvgIpc) is 2.71. The van der Waals surface area contributed by atoms with Gasteiger partial charge in [-0.2, -0.15) is 0 Å². The molecule has 0 saturated heterocycles. The van der Waals surface area contributed by atoms with E-state index in [0.29, 0.717) is 22.9 Å². The minimum atomic E-state index is -0.255. The van der Waals surface area contributed by atoms with Gasteiger partial charge in [0.1, 0.15) is 10.8 Å². The first-order chi connectivity index (χ1) is 7.70. The molecule has 1 nitrogen and oxygen atoms in total. The highest BCUT2D eigenvalue weighted by molar-refractivity contribution is 9.10. The summed E-state index contributed by atoms with van der Waals surface area (Å²) in [6, 6.07) is 4.84. The van der Waals surface area contributed by atoms with Crippen LogP contribution in [0.15, 0.2) is 28.1 Å². The Kier molecular flexibility index (Phi) is 3.95. The first-order valence-corrected chi connectivity index (χ1v) is 6.87. The van der Waals surface area contributed by atoms with E-state index in [0.717, 1.165) is 10.2 Å². The molecule has 0 aliphatic carbocycles. The van der Waals surface area contributed by atoms with E-state index in [1.165, 1.54) is 17.4 Å². The van der Waals surface area contributed by atoms with E-state index in [2.05, 4.69) is 20.9 Å². The predicted molar refractivity (Wildman–Crippen MR) is 69.6 cm³/mol. The SMILES string of the molecule is Fc1ccc(Br)cc1-c1nc(CCCl)cs1. The minimum absolute atomic E-state index is 0.255. The summed E-state index contributed by atoms with van der Waals surface area (Å²) in [7, 11) is 0. The van der Waals surface area contributed by atoms with Crippen LogP contribution >= 0.6 is 38.9 Å². The van der Waals surface area contributed by atoms with Gasteiger partial charge in [0.25, 0.3) is 0 Å². The Morgan fingerprint density at radius 1 is 1.44 bits per heavy atom. The van der Waals surface area contributed by atoms with Crippen molar-refractivity contribution in [2.75, 3.05) is 5.88 Å². The molecule has 5 heteroatoms. The van der Waals surface area contributed by atoms with Gasteiger partial charge >= 0.3 is 0 Å². The molecule has 0 aliphatic heterocycles. The second kappa shape index (κ2) is 5.25. The summed E-state index contributed by atoms with van der Waals surface area (Å²) in [6.07, 6.45) is 0.716. The van der Waals surface area contributed by atoms with Gasteiger partial charge in [-0.1, -0.05) is 15.9 Å². The van der Waals surface area contributed by atoms with Crippen molar-refractivity contribution < 1.29 is 4.39 Å². The quantitative estimate of drug-likeness (QED) is 0.759. The second-order valence-corrected chi connectivity index (χ2v) is 5.36. The molecule has 0 fully saturated rings. The topological polar surface area (TPSA) is 12.9 Å². The molecule has 2 aromatic rings. The van der Waals surface area contributed by atoms with E-state index < -0.39 is 0 Å². The molecule has 0 saturated carbocycles. The van der Waals surface area contributed by atoms with Crippen molar-refractivity contribution in [3.8, 4) is 10.6 Å². The van der Waals surface area contributed by atoms with Crippen LogP contribution in [0.1, 0.15) is 5.69 Å². The molecule has 1 heterocycles. The molecule has 0 spiro atoms. The Bertz CT molecular complexity index is 500. The molecule has 0 unspecified atom stereocenters. The van der Waals surface area contributed by atoms with Gasteiger partial charge in [-0.25, -0.2) is 9.37 Å². The average molecular weight is 321 g/mol. The van der Waals surface area contributed by atoms with Crippen LogP contribution in [0.2, 0.25) is 0 Å². The lowest BCUT2D eigenvalue weighted by Gasteiger charge is -1.99. The normalized spacial score (nSPS) is 10.7. The monoisotopic (exact) mass is 319 g/mol. The Balaban J connectivity index is 2.38. The van der Waals surface area contributed by atoms with Crippen molar-refractivity contribution in [1.29, 1.82) is 0 Å². The molecule has 0 N–H and O–H groups in total. The van der Waals surface area contributed by atoms with Crippen LogP contribution in [0.3, 0.4) is 0 Å². The van der Waals surface area contributed by atoms with Crippen molar-refractivity contribution in [3.05, 3.63) is 39.6 Å². The Labute approximate surface area is 110 Å². The summed E-state index contributed by atoms with van der Waals surface area (Å²) < 4.78 is 14.4. The highest BCUT2D eigenvalue weighted by atomic mass is 79.9. The van der Waals surface area contributed by atoms with Gasteiger partial charge in [0.2, 0.25) is 0 Å². The summed E-state index contributed by atoms with van der Waals surface area (Å²) in [5, 5.41) is 2.61. The van der Waals surface area contributed by atoms with Gasteiger partial charge in [-0.05, 0) is 18.2 Å². The van der Waals surface area contributed by atoms with Crippen LogP contribution in [0.5, 0.6) is 0 Å². The molecule has 0 atom stereocenters. The van der Waals surface area contributed by atoms with Gasteiger partial charge in [-0.15, -0.1) is 22.9 Å². The van der Waals surface area contributed by atoms with Gasteiger partial charge in [-0.3, -0.25) is 0 Å². The molecule has 1 aromatic carbocycles. The van der Waals surface area contributed by atoms with Crippen molar-refractivity contribution in [2.24, 2.45) is 0 Å². The van der Waals surface area contributed by atoms with Crippen LogP contribution in [0, 0.1) is 5.82 Å². The zero-order chi connectivity index (χ0) is 11.5. The van der Waals surface area contributed by atoms with E-state index in [1.807, 2.05) is 5.38 Å². The van der Waals surface area contributed by atoms with Crippen LogP contribution in [0.4, 0.5) is 4.39 Å². The van der Waals surface area contributed by atoms with Gasteiger partial charge in [0.15, 0.2) is 0 Å². The lowest BCUT2D eigenvalue weighted by Crippen LogP contribution is -1.87. The zero-order valence-electron chi connectivity index (χ0n) is 8.21. The third kappa shape index (κ3) is 2.62. The largest absolute Gasteiger partial charge is 0.241 e. The van der Waals surface area contributed by atoms with Crippen LogP contribution in [-0.4, -0.2) is 10.9 Å². The number of hydrogen-bond acceptors (Lipinski definition) is 2. The first-order valence-electron chi connectivity index (χ1n) is 4.66. The lowest BCUT2D eigenvalue weighted by molar-refractivity contribution is 0.631. The third-order valence-corrected chi connectivity index (χ3v) is 3.67. The Hall–Kier alpha value is -0.450. The first kappa shape index (κ1) is 12.0. The highest BCUT2D eigenvalue weighted by Gasteiger charge is 2.10. The summed E-state index contributed by atoms with van der Waals surface area (Å²) in [5.41, 5.74) is 1.44. The summed E-state index contributed by atoms with van der Waals surface area (Å²) in [6.45, 7) is 0. The van der Waals surface area contributed by atoms with Crippen LogP contribution in [0.25, 0.3) is 10.6 Å². The summed E-state index contributed by atoms with van der Waals surface area (Å²) in [4.78, 5) is 4.35. The maximum absolute atomic E-state index is 13.6. The number of hydrogen-bond donors (Lipinski definition) is 0. The van der Waals surface area contributed by atoms with E-state index in [1.54, 1.807) is 12.1 Å². The Morgan fingerprint density at radius 3 is 3.00 bits per heavy atom. The molecule has 0 bridgehead atoms. The number of halogens is 3. The highest BCUT2D eigenvalue weighted by Crippen LogP contribution is 2.29. The fraction of sp³-hybridized carbons (Fsp3) is 0.182. The lowest BCUT2D eigenvalue weighted by atomic mass is 10.2. The molecule has 16 heavy (non-hydrogen) atoms. The standard InChI is InChI=1S/C11H8BrClFNS/c12-7-1-2-10(14)9(5-7)11-15-8(3-4-13)6-16-11/h1-2,5-6H,3-4H2. The fourth-order valence-corrected chi connectivity index (χ4v) is 2.73.